The van der Waals surface area contributed by atoms with Crippen molar-refractivity contribution in [2.24, 2.45) is 10.3 Å². The number of halogens is 1. The van der Waals surface area contributed by atoms with Crippen LogP contribution in [0.1, 0.15) is 11.1 Å². The van der Waals surface area contributed by atoms with Gasteiger partial charge in [0.1, 0.15) is 18.3 Å². The van der Waals surface area contributed by atoms with Gasteiger partial charge in [-0.25, -0.2) is 5.01 Å². The molecule has 0 saturated heterocycles. The maximum absolute atomic E-state index is 10.2. The fourth-order valence-corrected chi connectivity index (χ4v) is 2.61. The van der Waals surface area contributed by atoms with Gasteiger partial charge in [-0.05, 0) is 61.4 Å². The van der Waals surface area contributed by atoms with Crippen molar-refractivity contribution in [2.45, 2.75) is 32.2 Å². The molecule has 146 valence electrons. The lowest BCUT2D eigenvalue weighted by Crippen LogP contribution is -2.44. The van der Waals surface area contributed by atoms with E-state index in [9.17, 15) is 15.3 Å². The summed E-state index contributed by atoms with van der Waals surface area (Å²) in [6.45, 7) is 3.19. The number of aliphatic hydroxyl groups is 4. The number of anilines is 1. The molecule has 0 bridgehead atoms. The Morgan fingerprint density at radius 1 is 0.963 bits per heavy atom. The summed E-state index contributed by atoms with van der Waals surface area (Å²) < 4.78 is 0.920. The standard InChI is InChI=1S/C19H24BrN3O4/c1-12-3-8-16(9-13(12)2)23(10-17(25)19(27)18(26)11-24)22-21-15-6-4-14(20)5-7-15/h3-9,17-19,24-27H,10-11H2,1-2H3. The number of nitrogens with zero attached hydrogens (tertiary/aromatic N) is 3. The molecule has 8 heteroatoms. The van der Waals surface area contributed by atoms with Gasteiger partial charge in [0.2, 0.25) is 0 Å². The summed E-state index contributed by atoms with van der Waals surface area (Å²) in [6, 6.07) is 12.9. The third-order valence-electron chi connectivity index (χ3n) is 4.22. The molecule has 0 amide bonds. The number of hydrogen-bond acceptors (Lipinski definition) is 6. The molecule has 0 aliphatic heterocycles. The van der Waals surface area contributed by atoms with Crippen LogP contribution in [0, 0.1) is 13.8 Å². The van der Waals surface area contributed by atoms with Gasteiger partial charge in [0.25, 0.3) is 0 Å². The fraction of sp³-hybridized carbons (Fsp3) is 0.368. The zero-order valence-electron chi connectivity index (χ0n) is 15.2. The Labute approximate surface area is 166 Å². The van der Waals surface area contributed by atoms with Gasteiger partial charge < -0.3 is 20.4 Å². The molecule has 0 saturated carbocycles. The molecule has 7 nitrogen and oxygen atoms in total. The predicted molar refractivity (Wildman–Crippen MR) is 107 cm³/mol. The summed E-state index contributed by atoms with van der Waals surface area (Å²) in [7, 11) is 0. The van der Waals surface area contributed by atoms with Crippen LogP contribution in [0.5, 0.6) is 0 Å². The average Bonchev–Trinajstić information content (AvgIpc) is 2.67. The van der Waals surface area contributed by atoms with Gasteiger partial charge in [-0.2, -0.15) is 0 Å². The number of rotatable bonds is 8. The lowest BCUT2D eigenvalue weighted by molar-refractivity contribution is -0.0732. The van der Waals surface area contributed by atoms with Crippen LogP contribution in [-0.2, 0) is 0 Å². The SMILES string of the molecule is Cc1ccc(N(CC(O)C(O)C(O)CO)N=Nc2ccc(Br)cc2)cc1C. The molecule has 0 aromatic heterocycles. The summed E-state index contributed by atoms with van der Waals surface area (Å²) >= 11 is 3.36. The minimum absolute atomic E-state index is 0.110. The van der Waals surface area contributed by atoms with Crippen molar-refractivity contribution in [2.75, 3.05) is 18.2 Å². The van der Waals surface area contributed by atoms with Crippen LogP contribution in [-0.4, -0.2) is 51.9 Å². The van der Waals surface area contributed by atoms with Crippen LogP contribution in [0.25, 0.3) is 0 Å². The molecular weight excluding hydrogens is 414 g/mol. The van der Waals surface area contributed by atoms with E-state index in [1.807, 2.05) is 44.2 Å². The van der Waals surface area contributed by atoms with Gasteiger partial charge in [-0.3, -0.25) is 0 Å². The quantitative estimate of drug-likeness (QED) is 0.374. The molecule has 0 radical (unpaired) electrons. The van der Waals surface area contributed by atoms with Gasteiger partial charge >= 0.3 is 0 Å². The van der Waals surface area contributed by atoms with E-state index in [-0.39, 0.29) is 6.54 Å². The molecular formula is C19H24BrN3O4. The Bertz CT molecular complexity index is 770. The fourth-order valence-electron chi connectivity index (χ4n) is 2.34. The zero-order chi connectivity index (χ0) is 20.0. The van der Waals surface area contributed by atoms with Crippen molar-refractivity contribution < 1.29 is 20.4 Å². The van der Waals surface area contributed by atoms with Crippen molar-refractivity contribution in [1.29, 1.82) is 0 Å². The van der Waals surface area contributed by atoms with E-state index in [1.165, 1.54) is 5.01 Å². The van der Waals surface area contributed by atoms with Crippen LogP contribution in [0.3, 0.4) is 0 Å². The largest absolute Gasteiger partial charge is 0.394 e. The summed E-state index contributed by atoms with van der Waals surface area (Å²) in [5, 5.41) is 48.5. The lowest BCUT2D eigenvalue weighted by atomic mass is 10.1. The van der Waals surface area contributed by atoms with Crippen molar-refractivity contribution in [3.05, 3.63) is 58.1 Å². The van der Waals surface area contributed by atoms with Crippen molar-refractivity contribution in [3.63, 3.8) is 0 Å². The number of hydrogen-bond donors (Lipinski definition) is 4. The summed E-state index contributed by atoms with van der Waals surface area (Å²) in [6.07, 6.45) is -4.28. The van der Waals surface area contributed by atoms with E-state index in [0.717, 1.165) is 15.6 Å². The second-order valence-corrected chi connectivity index (χ2v) is 7.24. The molecule has 0 fully saturated rings. The van der Waals surface area contributed by atoms with Crippen LogP contribution >= 0.6 is 15.9 Å². The highest BCUT2D eigenvalue weighted by atomic mass is 79.9. The minimum Gasteiger partial charge on any atom is -0.394 e. The van der Waals surface area contributed by atoms with Gasteiger partial charge in [-0.1, -0.05) is 27.2 Å². The van der Waals surface area contributed by atoms with E-state index in [0.29, 0.717) is 11.4 Å². The van der Waals surface area contributed by atoms with Crippen LogP contribution in [0.15, 0.2) is 57.3 Å². The topological polar surface area (TPSA) is 109 Å². The summed E-state index contributed by atoms with van der Waals surface area (Å²) in [5.41, 5.74) is 3.46. The van der Waals surface area contributed by atoms with Gasteiger partial charge in [0, 0.05) is 4.47 Å². The first kappa shape index (κ1) is 21.5. The smallest absolute Gasteiger partial charge is 0.110 e. The van der Waals surface area contributed by atoms with Gasteiger partial charge in [0.05, 0.1) is 24.5 Å². The van der Waals surface area contributed by atoms with E-state index >= 15 is 0 Å². The van der Waals surface area contributed by atoms with E-state index in [1.54, 1.807) is 12.1 Å². The molecule has 0 heterocycles. The lowest BCUT2D eigenvalue weighted by Gasteiger charge is -2.26. The number of aliphatic hydroxyl groups excluding tert-OH is 4. The molecule has 4 N–H and O–H groups in total. The highest BCUT2D eigenvalue weighted by Crippen LogP contribution is 2.23. The maximum atomic E-state index is 10.2. The molecule has 2 rings (SSSR count). The molecule has 0 aliphatic carbocycles. The minimum atomic E-state index is -1.51. The summed E-state index contributed by atoms with van der Waals surface area (Å²) in [4.78, 5) is 0. The Morgan fingerprint density at radius 3 is 2.22 bits per heavy atom. The zero-order valence-corrected chi connectivity index (χ0v) is 16.8. The average molecular weight is 438 g/mol. The monoisotopic (exact) mass is 437 g/mol. The molecule has 0 aliphatic rings. The number of benzene rings is 2. The first-order valence-electron chi connectivity index (χ1n) is 8.49. The number of aryl methyl sites for hydroxylation is 2. The molecule has 3 unspecified atom stereocenters. The van der Waals surface area contributed by atoms with E-state index < -0.39 is 24.9 Å². The third-order valence-corrected chi connectivity index (χ3v) is 4.75. The first-order valence-corrected chi connectivity index (χ1v) is 9.28. The Hall–Kier alpha value is -1.84. The third kappa shape index (κ3) is 6.08. The maximum Gasteiger partial charge on any atom is 0.110 e. The molecule has 0 spiro atoms. The Morgan fingerprint density at radius 2 is 1.63 bits per heavy atom. The van der Waals surface area contributed by atoms with Crippen LogP contribution in [0.2, 0.25) is 0 Å². The van der Waals surface area contributed by atoms with Gasteiger partial charge in [-0.15, -0.1) is 5.11 Å². The Kier molecular flexibility index (Phi) is 7.88. The van der Waals surface area contributed by atoms with Crippen molar-refractivity contribution in [3.8, 4) is 0 Å². The highest BCUT2D eigenvalue weighted by Gasteiger charge is 2.26. The molecule has 2 aromatic carbocycles. The summed E-state index contributed by atoms with van der Waals surface area (Å²) in [5.74, 6) is 0. The van der Waals surface area contributed by atoms with Gasteiger partial charge in [0.15, 0.2) is 0 Å². The van der Waals surface area contributed by atoms with Crippen molar-refractivity contribution >= 4 is 27.3 Å². The normalized spacial score (nSPS) is 14.9. The first-order chi connectivity index (χ1) is 12.8. The van der Waals surface area contributed by atoms with E-state index in [2.05, 4.69) is 26.3 Å². The molecule has 2 aromatic rings. The highest BCUT2D eigenvalue weighted by molar-refractivity contribution is 9.10. The van der Waals surface area contributed by atoms with Crippen molar-refractivity contribution in [1.82, 2.24) is 0 Å². The molecule has 3 atom stereocenters. The second kappa shape index (κ2) is 9.91. The Balaban J connectivity index is 2.27. The second-order valence-electron chi connectivity index (χ2n) is 6.32. The predicted octanol–water partition coefficient (Wildman–Crippen LogP) is 2.65. The molecule has 27 heavy (non-hydrogen) atoms. The van der Waals surface area contributed by atoms with E-state index in [4.69, 9.17) is 5.11 Å². The van der Waals surface area contributed by atoms with Crippen LogP contribution in [0.4, 0.5) is 11.4 Å². The van der Waals surface area contributed by atoms with Crippen LogP contribution < -0.4 is 5.01 Å².